The van der Waals surface area contributed by atoms with E-state index in [1.807, 2.05) is 0 Å². The summed E-state index contributed by atoms with van der Waals surface area (Å²) in [6.07, 6.45) is -5.45. The Morgan fingerprint density at radius 3 is 1.73 bits per heavy atom. The molecule has 1 unspecified atom stereocenters. The van der Waals surface area contributed by atoms with Gasteiger partial charge >= 0.3 is 0 Å². The Balaban J connectivity index is 1.33. The number of aliphatic hydroxyl groups excluding tert-OH is 4. The van der Waals surface area contributed by atoms with Crippen LogP contribution in [0, 0.1) is 40.3 Å². The summed E-state index contributed by atoms with van der Waals surface area (Å²) < 4.78 is 15.5. The molecule has 0 bridgehead atoms. The fourth-order valence-corrected chi connectivity index (χ4v) is 11.6. The third-order valence-electron chi connectivity index (χ3n) is 18.5. The smallest absolute Gasteiger partial charge is 0.235 e. The van der Waals surface area contributed by atoms with Crippen molar-refractivity contribution >= 4 is 76.0 Å². The molecular formula is C70H98FN17O18. The number of amides is 7. The number of aromatic nitrogens is 10. The number of carbonyl (C=O) groups excluding carboxylic acids is 13. The van der Waals surface area contributed by atoms with Gasteiger partial charge < -0.3 is 67.7 Å². The van der Waals surface area contributed by atoms with E-state index in [1.165, 1.54) is 83.4 Å². The average Bonchev–Trinajstić information content (AvgIpc) is 0.907. The van der Waals surface area contributed by atoms with E-state index in [4.69, 9.17) is 0 Å². The molecule has 5 aromatic rings. The highest BCUT2D eigenvalue weighted by Crippen LogP contribution is 2.31. The Morgan fingerprint density at radius 2 is 1.18 bits per heavy atom. The molecular weight excluding hydrogens is 1390 g/mol. The Hall–Kier alpha value is -10.3. The van der Waals surface area contributed by atoms with Crippen LogP contribution in [0.15, 0.2) is 61.1 Å². The molecule has 0 saturated carbocycles. The second-order valence-electron chi connectivity index (χ2n) is 27.9. The van der Waals surface area contributed by atoms with Gasteiger partial charge in [0.25, 0.3) is 0 Å². The Morgan fingerprint density at radius 1 is 0.604 bits per heavy atom. The third kappa shape index (κ3) is 25.5. The van der Waals surface area contributed by atoms with Crippen LogP contribution in [-0.4, -0.2) is 221 Å². The largest absolute Gasteiger partial charge is 0.508 e. The van der Waals surface area contributed by atoms with Crippen LogP contribution in [0.5, 0.6) is 5.75 Å². The van der Waals surface area contributed by atoms with Crippen molar-refractivity contribution in [2.45, 2.75) is 201 Å². The summed E-state index contributed by atoms with van der Waals surface area (Å²) in [7, 11) is 0. The van der Waals surface area contributed by atoms with Crippen LogP contribution in [0.4, 0.5) is 4.39 Å². The topological polar surface area (TPSA) is 545 Å². The first-order chi connectivity index (χ1) is 50.0. The number of nitrogens with one attached hydrogen (secondary N) is 10. The number of carbonyl (C=O) groups is 13. The average molecular weight is 1480 g/mol. The number of rotatable bonds is 47. The van der Waals surface area contributed by atoms with Gasteiger partial charge in [0, 0.05) is 94.5 Å². The van der Waals surface area contributed by atoms with Gasteiger partial charge in [-0.3, -0.25) is 62.3 Å². The lowest BCUT2D eigenvalue weighted by atomic mass is 9.76. The Bertz CT molecular complexity index is 3820. The van der Waals surface area contributed by atoms with Gasteiger partial charge in [0.15, 0.2) is 46.3 Å². The highest BCUT2D eigenvalue weighted by molar-refractivity contribution is 6.06. The van der Waals surface area contributed by atoms with Crippen molar-refractivity contribution in [1.82, 2.24) is 88.4 Å². The van der Waals surface area contributed by atoms with Crippen LogP contribution in [0.1, 0.15) is 149 Å². The predicted octanol–water partition coefficient (Wildman–Crippen LogP) is -0.933. The summed E-state index contributed by atoms with van der Waals surface area (Å²) in [6.45, 7) is 12.4. The predicted molar refractivity (Wildman–Crippen MR) is 372 cm³/mol. The quantitative estimate of drug-likeness (QED) is 0.0209. The number of phenolic OH excluding ortho intramolecular Hbond substituents is 1. The number of Topliss-reactive ketones (excluding diaryl/α,β-unsaturated/α-hetero) is 6. The number of aliphatic hydroxyl groups is 4. The summed E-state index contributed by atoms with van der Waals surface area (Å²) >= 11 is 0. The van der Waals surface area contributed by atoms with E-state index >= 15 is 4.39 Å². The maximum absolute atomic E-state index is 15.5. The van der Waals surface area contributed by atoms with Crippen LogP contribution in [0.25, 0.3) is 0 Å². The maximum Gasteiger partial charge on any atom is 0.235 e. The summed E-state index contributed by atoms with van der Waals surface area (Å²) in [6, 6.07) is 2.28. The monoisotopic (exact) mass is 1480 g/mol. The number of benzene rings is 2. The first-order valence-electron chi connectivity index (χ1n) is 34.8. The van der Waals surface area contributed by atoms with Gasteiger partial charge in [-0.05, 0) is 89.6 Å². The number of halogens is 1. The third-order valence-corrected chi connectivity index (χ3v) is 18.5. The molecule has 578 valence electrons. The van der Waals surface area contributed by atoms with E-state index in [9.17, 15) is 87.9 Å². The Labute approximate surface area is 610 Å². The molecule has 0 saturated heterocycles. The van der Waals surface area contributed by atoms with Gasteiger partial charge in [-0.25, -0.2) is 9.37 Å². The van der Waals surface area contributed by atoms with E-state index < -0.39 is 223 Å². The van der Waals surface area contributed by atoms with E-state index in [1.54, 1.807) is 27.0 Å². The summed E-state index contributed by atoms with van der Waals surface area (Å²) in [5.41, 5.74) is -4.09. The van der Waals surface area contributed by atoms with Crippen LogP contribution in [0.3, 0.4) is 0 Å². The van der Waals surface area contributed by atoms with Gasteiger partial charge in [-0.1, -0.05) is 74.9 Å². The van der Waals surface area contributed by atoms with E-state index in [-0.39, 0.29) is 54.6 Å². The van der Waals surface area contributed by atoms with Crippen molar-refractivity contribution in [3.05, 3.63) is 95.3 Å². The molecule has 12 atom stereocenters. The molecule has 3 heterocycles. The van der Waals surface area contributed by atoms with Gasteiger partial charge in [-0.15, -0.1) is 20.4 Å². The zero-order chi connectivity index (χ0) is 78.8. The fourth-order valence-electron chi connectivity index (χ4n) is 11.6. The standard InChI is InChI=1S/C70H98FN17O18/c1-11-37(3)46(64(103)80-69(8,9)56(99)12-2)28-53(96)50(35-90)76-62(101)42(25-40-17-19-45(93)20-18-40)26-52(95)49(30-58-83-87-88-84-58)75-63(102)43(34-89)27-54(97)60(38(4)91)79-67(106)70(10,31-41-15-13-14-16-47(41)71)32-55(98)61(39(5)92)78-59(100)22-21-51(94)48(29-57-81-85-86-82-57)77-66(105)68(6,7)65(104)73-24-23-44-33-72-36-74-44/h13-20,33,36-39,42-43,46,48-50,60-61,89-93H,11-12,21-32,34-35H2,1-10H3,(H,72,74)(H,73,104)(H,75,102)(H,76,101)(H,77,105)(H,78,100)(H,79,106)(H,80,103)(H,81,82,85,86)(H,83,84,87,88)/t37-,38-,39-,42?,43+,46-,48+,49+,50+,60+,61+,70-/m1/s1. The number of nitrogens with zero attached hydrogens (tertiary/aromatic N) is 7. The van der Waals surface area contributed by atoms with Crippen molar-refractivity contribution in [2.75, 3.05) is 19.8 Å². The molecule has 106 heavy (non-hydrogen) atoms. The minimum Gasteiger partial charge on any atom is -0.508 e. The van der Waals surface area contributed by atoms with Crippen molar-refractivity contribution < 1.29 is 92.3 Å². The first kappa shape index (κ1) is 86.3. The fraction of sp³-hybridized carbons (Fsp3) is 0.571. The maximum atomic E-state index is 15.5. The van der Waals surface area contributed by atoms with Gasteiger partial charge in [-0.2, -0.15) is 10.4 Å². The number of aromatic amines is 3. The zero-order valence-corrected chi connectivity index (χ0v) is 61.0. The van der Waals surface area contributed by atoms with Crippen LogP contribution in [0.2, 0.25) is 0 Å². The van der Waals surface area contributed by atoms with Gasteiger partial charge in [0.2, 0.25) is 41.4 Å². The number of H-pyrrole nitrogens is 3. The molecule has 0 radical (unpaired) electrons. The molecule has 0 aliphatic rings. The number of hydrogen-bond acceptors (Lipinski definition) is 25. The second-order valence-corrected chi connectivity index (χ2v) is 27.9. The zero-order valence-electron chi connectivity index (χ0n) is 61.0. The minimum atomic E-state index is -2.10. The summed E-state index contributed by atoms with van der Waals surface area (Å²) in [4.78, 5) is 189. The molecule has 2 aromatic carbocycles. The van der Waals surface area contributed by atoms with E-state index in [2.05, 4.69) is 88.4 Å². The lowest BCUT2D eigenvalue weighted by Gasteiger charge is -2.33. The summed E-state index contributed by atoms with van der Waals surface area (Å²) in [5.74, 6) is -16.8. The summed E-state index contributed by atoms with van der Waals surface area (Å²) in [5, 5.41) is 98.1. The molecule has 0 aliphatic heterocycles. The second kappa shape index (κ2) is 40.2. The molecule has 15 N–H and O–H groups in total. The molecule has 5 rings (SSSR count). The molecule has 35 nitrogen and oxygen atoms in total. The molecule has 3 aromatic heterocycles. The molecule has 0 aliphatic carbocycles. The van der Waals surface area contributed by atoms with Crippen molar-refractivity contribution in [3.8, 4) is 5.75 Å². The lowest BCUT2D eigenvalue weighted by molar-refractivity contribution is -0.143. The number of tetrazole rings is 2. The van der Waals surface area contributed by atoms with Gasteiger partial charge in [0.05, 0.1) is 60.7 Å². The van der Waals surface area contributed by atoms with E-state index in [0.717, 1.165) is 25.6 Å². The SMILES string of the molecule is CCC(=O)C(C)(C)NC(=O)[C@H](CC(=O)[C@H](CO)NC(=O)C(CC(=O)[C@H](Cc1nn[nH]n1)NC(=O)[C@H](CO)CC(=O)[C@@H](NC(=O)[C@@](C)(CC(=O)[C@@H](NC(=O)CCC(=O)[C@H](Cc1nn[nH]n1)NC(=O)C(C)(C)C(=O)NCCc1cnc[nH]1)[C@@H](C)O)Cc1ccccc1F)[C@@H](C)O)Cc1ccc(O)cc1)[C@H](C)CC. The van der Waals surface area contributed by atoms with E-state index in [0.29, 0.717) is 18.4 Å². The highest BCUT2D eigenvalue weighted by Gasteiger charge is 2.44. The molecule has 0 fully saturated rings. The Kier molecular flexibility index (Phi) is 32.8. The first-order valence-corrected chi connectivity index (χ1v) is 34.8. The number of aromatic hydroxyl groups is 1. The van der Waals surface area contributed by atoms with Crippen molar-refractivity contribution in [1.29, 1.82) is 0 Å². The number of hydrogen-bond donors (Lipinski definition) is 15. The molecule has 0 spiro atoms. The normalized spacial score (nSPS) is 15.3. The van der Waals surface area contributed by atoms with Crippen molar-refractivity contribution in [3.63, 3.8) is 0 Å². The lowest BCUT2D eigenvalue weighted by Crippen LogP contribution is -2.55. The number of ketones is 6. The number of imidazole rings is 1. The van der Waals surface area contributed by atoms with Gasteiger partial charge in [0.1, 0.15) is 35.1 Å². The van der Waals surface area contributed by atoms with Crippen molar-refractivity contribution in [2.24, 2.45) is 34.5 Å². The number of phenols is 1. The van der Waals surface area contributed by atoms with Crippen LogP contribution < -0.4 is 37.2 Å². The van der Waals surface area contributed by atoms with Crippen LogP contribution in [-0.2, 0) is 94.4 Å². The minimum absolute atomic E-state index is 0.0153. The highest BCUT2D eigenvalue weighted by atomic mass is 19.1. The van der Waals surface area contributed by atoms with Crippen LogP contribution >= 0.6 is 0 Å². The molecule has 7 amide bonds. The molecule has 36 heteroatoms.